The van der Waals surface area contributed by atoms with Gasteiger partial charge in [0.2, 0.25) is 0 Å². The van der Waals surface area contributed by atoms with Crippen molar-refractivity contribution in [3.8, 4) is 0 Å². The summed E-state index contributed by atoms with van der Waals surface area (Å²) in [4.78, 5) is 13.5. The van der Waals surface area contributed by atoms with E-state index in [1.54, 1.807) is 20.8 Å². The number of amides is 1. The van der Waals surface area contributed by atoms with Crippen LogP contribution in [0.5, 0.6) is 0 Å². The molecule has 3 unspecified atom stereocenters. The van der Waals surface area contributed by atoms with Gasteiger partial charge in [-0.3, -0.25) is 4.90 Å². The van der Waals surface area contributed by atoms with Gasteiger partial charge in [0, 0.05) is 33.0 Å². The summed E-state index contributed by atoms with van der Waals surface area (Å²) >= 11 is 0. The summed E-state index contributed by atoms with van der Waals surface area (Å²) in [7, 11) is 0. The van der Waals surface area contributed by atoms with Crippen molar-refractivity contribution >= 4 is 6.09 Å². The van der Waals surface area contributed by atoms with Gasteiger partial charge >= 0.3 is 12.3 Å². The van der Waals surface area contributed by atoms with Crippen molar-refractivity contribution in [2.75, 3.05) is 26.1 Å². The highest BCUT2D eigenvalue weighted by Crippen LogP contribution is 2.23. The Morgan fingerprint density at radius 1 is 1.37 bits per heavy atom. The molecule has 1 fully saturated rings. The van der Waals surface area contributed by atoms with Crippen LogP contribution in [0.25, 0.3) is 0 Å². The lowest BCUT2D eigenvalue weighted by Crippen LogP contribution is -2.55. The molecule has 0 radical (unpaired) electrons. The molecule has 112 valence electrons. The van der Waals surface area contributed by atoms with Crippen molar-refractivity contribution in [2.24, 2.45) is 0 Å². The van der Waals surface area contributed by atoms with E-state index in [0.29, 0.717) is 6.92 Å². The quantitative estimate of drug-likeness (QED) is 0.743. The standard InChI is InChI=1S/C12H21F3N2O2/c1-9(12(13,14)15)19-10(18)16-5-7-17(8-6-16)11(2,3)4/h9H,5-8H2,1-4H3/i5D,6D2,8D,9D. The molecular weight excluding hydrogens is 261 g/mol. The average molecular weight is 287 g/mol. The van der Waals surface area contributed by atoms with Crippen LogP contribution in [0.15, 0.2) is 0 Å². The smallest absolute Gasteiger partial charge is 0.425 e. The van der Waals surface area contributed by atoms with E-state index < -0.39 is 43.4 Å². The van der Waals surface area contributed by atoms with Gasteiger partial charge in [-0.15, -0.1) is 0 Å². The highest BCUT2D eigenvalue weighted by molar-refractivity contribution is 5.68. The van der Waals surface area contributed by atoms with E-state index in [1.165, 1.54) is 4.90 Å². The first-order chi connectivity index (χ1) is 10.4. The van der Waals surface area contributed by atoms with Gasteiger partial charge in [0.05, 0.1) is 5.48 Å². The molecule has 0 aromatic heterocycles. The van der Waals surface area contributed by atoms with Crippen molar-refractivity contribution in [3.05, 3.63) is 0 Å². The third-order valence-corrected chi connectivity index (χ3v) is 2.51. The molecule has 0 N–H and O–H groups in total. The molecule has 7 heteroatoms. The third-order valence-electron chi connectivity index (χ3n) is 2.51. The van der Waals surface area contributed by atoms with Crippen LogP contribution in [0.3, 0.4) is 0 Å². The zero-order valence-corrected chi connectivity index (χ0v) is 11.2. The SMILES string of the molecule is [2H]C1CN(C(C)(C)C)C([2H])C([2H])([2H])N1C(=O)OC([2H])(C)C(F)(F)F. The largest absolute Gasteiger partial charge is 0.437 e. The number of nitrogens with zero attached hydrogens (tertiary/aromatic N) is 2. The number of rotatable bonds is 1. The zero-order chi connectivity index (χ0) is 19.3. The highest BCUT2D eigenvalue weighted by Gasteiger charge is 2.40. The van der Waals surface area contributed by atoms with E-state index in [9.17, 15) is 18.0 Å². The molecule has 1 saturated heterocycles. The lowest BCUT2D eigenvalue weighted by molar-refractivity contribution is -0.200. The molecule has 0 saturated carbocycles. The maximum Gasteiger partial charge on any atom is 0.425 e. The fourth-order valence-corrected chi connectivity index (χ4v) is 1.24. The number of alkyl halides is 3. The molecule has 3 atom stereocenters. The van der Waals surface area contributed by atoms with Crippen molar-refractivity contribution in [1.82, 2.24) is 9.80 Å². The fraction of sp³-hybridized carbons (Fsp3) is 0.917. The second-order valence-electron chi connectivity index (χ2n) is 5.06. The Kier molecular flexibility index (Phi) is 2.88. The average Bonchev–Trinajstić information content (AvgIpc) is 2.29. The fourth-order valence-electron chi connectivity index (χ4n) is 1.24. The van der Waals surface area contributed by atoms with E-state index in [0.717, 1.165) is 0 Å². The maximum absolute atomic E-state index is 12.7. The summed E-state index contributed by atoms with van der Waals surface area (Å²) in [6.45, 7) is -0.847. The van der Waals surface area contributed by atoms with Crippen LogP contribution in [-0.4, -0.2) is 59.8 Å². The summed E-state index contributed by atoms with van der Waals surface area (Å²) in [5.41, 5.74) is -0.690. The number of halogens is 3. The van der Waals surface area contributed by atoms with Gasteiger partial charge < -0.3 is 9.64 Å². The summed E-state index contributed by atoms with van der Waals surface area (Å²) in [5.74, 6) is 0. The Morgan fingerprint density at radius 3 is 2.42 bits per heavy atom. The van der Waals surface area contributed by atoms with Crippen molar-refractivity contribution < 1.29 is 29.6 Å². The van der Waals surface area contributed by atoms with Crippen molar-refractivity contribution in [2.45, 2.75) is 45.5 Å². The van der Waals surface area contributed by atoms with Crippen LogP contribution in [-0.2, 0) is 4.74 Å². The van der Waals surface area contributed by atoms with E-state index >= 15 is 0 Å². The monoisotopic (exact) mass is 287 g/mol. The topological polar surface area (TPSA) is 32.8 Å². The van der Waals surface area contributed by atoms with Crippen molar-refractivity contribution in [3.63, 3.8) is 0 Å². The highest BCUT2D eigenvalue weighted by atomic mass is 19.4. The van der Waals surface area contributed by atoms with Crippen LogP contribution >= 0.6 is 0 Å². The molecule has 1 amide bonds. The third kappa shape index (κ3) is 4.56. The number of hydrogen-bond donors (Lipinski definition) is 0. The minimum Gasteiger partial charge on any atom is -0.437 e. The lowest BCUT2D eigenvalue weighted by atomic mass is 10.1. The normalized spacial score (nSPS) is 36.2. The van der Waals surface area contributed by atoms with E-state index in [-0.39, 0.29) is 11.4 Å². The summed E-state index contributed by atoms with van der Waals surface area (Å²) in [5, 5.41) is 0. The summed E-state index contributed by atoms with van der Waals surface area (Å²) in [6.07, 6.45) is -10.6. The number of piperazine rings is 1. The Hall–Kier alpha value is -0.980. The molecule has 1 heterocycles. The molecule has 0 aromatic rings. The first-order valence-corrected chi connectivity index (χ1v) is 5.63. The predicted octanol–water partition coefficient (Wildman–Crippen LogP) is 2.49. The zero-order valence-electron chi connectivity index (χ0n) is 16.2. The second kappa shape index (κ2) is 5.56. The first-order valence-electron chi connectivity index (χ1n) is 8.28. The van der Waals surface area contributed by atoms with Crippen LogP contribution in [0.4, 0.5) is 18.0 Å². The second-order valence-corrected chi connectivity index (χ2v) is 5.06. The minimum atomic E-state index is -5.18. The lowest BCUT2D eigenvalue weighted by Gasteiger charge is -2.42. The summed E-state index contributed by atoms with van der Waals surface area (Å²) < 4.78 is 80.9. The van der Waals surface area contributed by atoms with Gasteiger partial charge in [0.25, 0.3) is 0 Å². The van der Waals surface area contributed by atoms with Crippen LogP contribution < -0.4 is 0 Å². The maximum atomic E-state index is 12.7. The Balaban J connectivity index is 3.10. The molecule has 0 bridgehead atoms. The predicted molar refractivity (Wildman–Crippen MR) is 64.9 cm³/mol. The van der Waals surface area contributed by atoms with Gasteiger partial charge in [0.15, 0.2) is 6.08 Å². The van der Waals surface area contributed by atoms with Gasteiger partial charge in [-0.25, -0.2) is 4.79 Å². The Labute approximate surface area is 118 Å². The van der Waals surface area contributed by atoms with E-state index in [1.807, 2.05) is 0 Å². The summed E-state index contributed by atoms with van der Waals surface area (Å²) in [6, 6.07) is 0. The number of carbonyl (C=O) groups is 1. The van der Waals surface area contributed by atoms with E-state index in [2.05, 4.69) is 4.74 Å². The van der Waals surface area contributed by atoms with Gasteiger partial charge in [-0.1, -0.05) is 0 Å². The van der Waals surface area contributed by atoms with Gasteiger partial charge in [-0.05, 0) is 27.7 Å². The number of ether oxygens (including phenoxy) is 1. The molecule has 19 heavy (non-hydrogen) atoms. The molecule has 4 nitrogen and oxygen atoms in total. The van der Waals surface area contributed by atoms with Gasteiger partial charge in [0.1, 0.15) is 0 Å². The minimum absolute atomic E-state index is 0.144. The number of hydrogen-bond acceptors (Lipinski definition) is 3. The molecule has 1 rings (SSSR count). The Morgan fingerprint density at radius 2 is 1.95 bits per heavy atom. The van der Waals surface area contributed by atoms with Crippen LogP contribution in [0, 0.1) is 0 Å². The first kappa shape index (κ1) is 9.85. The molecule has 1 aliphatic rings. The molecule has 1 aliphatic heterocycles. The molecular formula is C12H21F3N2O2. The number of carbonyl (C=O) groups excluding carboxylic acids is 1. The van der Waals surface area contributed by atoms with E-state index in [4.69, 9.17) is 6.85 Å². The van der Waals surface area contributed by atoms with Crippen LogP contribution in [0.2, 0.25) is 0 Å². The molecule has 0 spiro atoms. The van der Waals surface area contributed by atoms with Gasteiger partial charge in [-0.2, -0.15) is 13.2 Å². The van der Waals surface area contributed by atoms with Crippen LogP contribution in [0.1, 0.15) is 34.5 Å². The molecule has 0 aliphatic carbocycles. The van der Waals surface area contributed by atoms with Crippen molar-refractivity contribution in [1.29, 1.82) is 0 Å². The molecule has 0 aromatic carbocycles. The Bertz CT molecular complexity index is 496.